The Morgan fingerprint density at radius 3 is 2.69 bits per heavy atom. The van der Waals surface area contributed by atoms with Crippen molar-refractivity contribution >= 4 is 11.5 Å². The van der Waals surface area contributed by atoms with Crippen molar-refractivity contribution in [2.24, 2.45) is 0 Å². The molecule has 2 atom stereocenters. The largest absolute Gasteiger partial charge is 0.389 e. The Balaban J connectivity index is 1.94. The van der Waals surface area contributed by atoms with E-state index in [4.69, 9.17) is 0 Å². The number of aliphatic hydroxyl groups is 2. The molecule has 1 fully saturated rings. The van der Waals surface area contributed by atoms with Crippen LogP contribution in [0.2, 0.25) is 0 Å². The van der Waals surface area contributed by atoms with Gasteiger partial charge in [0.1, 0.15) is 0 Å². The lowest BCUT2D eigenvalue weighted by Crippen LogP contribution is -2.23. The van der Waals surface area contributed by atoms with Gasteiger partial charge in [-0.05, 0) is 22.6 Å². The Hall–Kier alpha value is -1.80. The van der Waals surface area contributed by atoms with Gasteiger partial charge in [0, 0.05) is 13.1 Å². The molecular weight excluding hydrogens is 212 g/mol. The van der Waals surface area contributed by atoms with Crippen molar-refractivity contribution < 1.29 is 10.2 Å². The number of aliphatic hydroxyl groups excluding tert-OH is 2. The van der Waals surface area contributed by atoms with Gasteiger partial charge in [-0.25, -0.2) is 0 Å². The van der Waals surface area contributed by atoms with Crippen LogP contribution in [0.1, 0.15) is 0 Å². The van der Waals surface area contributed by atoms with Crippen LogP contribution in [-0.2, 0) is 0 Å². The first-order chi connectivity index (χ1) is 7.74. The van der Waals surface area contributed by atoms with Crippen molar-refractivity contribution in [3.05, 3.63) is 12.1 Å². The van der Waals surface area contributed by atoms with Gasteiger partial charge in [0.25, 0.3) is 0 Å². The molecule has 3 rings (SSSR count). The van der Waals surface area contributed by atoms with Crippen LogP contribution in [0.25, 0.3) is 5.65 Å². The third-order valence-electron chi connectivity index (χ3n) is 2.64. The maximum Gasteiger partial charge on any atom is 0.200 e. The summed E-state index contributed by atoms with van der Waals surface area (Å²) in [5.74, 6) is 0.635. The van der Waals surface area contributed by atoms with E-state index in [1.165, 1.54) is 4.63 Å². The molecule has 0 amide bonds. The summed E-state index contributed by atoms with van der Waals surface area (Å²) < 4.78 is 1.31. The summed E-state index contributed by atoms with van der Waals surface area (Å²) in [4.78, 5) is 1.79. The van der Waals surface area contributed by atoms with E-state index in [-0.39, 0.29) is 0 Å². The minimum Gasteiger partial charge on any atom is -0.389 e. The summed E-state index contributed by atoms with van der Waals surface area (Å²) in [6.07, 6.45) is -1.46. The van der Waals surface area contributed by atoms with E-state index < -0.39 is 12.2 Å². The van der Waals surface area contributed by atoms with Gasteiger partial charge >= 0.3 is 0 Å². The first kappa shape index (κ1) is 9.43. The van der Waals surface area contributed by atoms with Gasteiger partial charge in [-0.15, -0.1) is 14.8 Å². The van der Waals surface area contributed by atoms with E-state index >= 15 is 0 Å². The Morgan fingerprint density at radius 2 is 1.94 bits per heavy atom. The van der Waals surface area contributed by atoms with E-state index in [0.717, 1.165) is 0 Å². The minimum atomic E-state index is -0.730. The molecule has 1 aliphatic heterocycles. The van der Waals surface area contributed by atoms with Crippen LogP contribution in [0.15, 0.2) is 12.1 Å². The number of β-amino-alcohol motifs (C(OH)–C–C–N with tert-alkyl or cyclic N) is 2. The minimum absolute atomic E-state index is 0.363. The molecule has 2 aromatic rings. The standard InChI is InChI=1S/C8H10N6O2/c15-5-3-13(4-6(5)16)8-2-1-7-9-11-12-14(7)10-8/h1-2,5-6,15-16H,3-4H2. The van der Waals surface area contributed by atoms with E-state index in [2.05, 4.69) is 20.6 Å². The molecule has 8 heteroatoms. The zero-order valence-electron chi connectivity index (χ0n) is 8.30. The van der Waals surface area contributed by atoms with Crippen LogP contribution in [0.3, 0.4) is 0 Å². The summed E-state index contributed by atoms with van der Waals surface area (Å²) >= 11 is 0. The number of tetrazole rings is 1. The smallest absolute Gasteiger partial charge is 0.200 e. The van der Waals surface area contributed by atoms with Gasteiger partial charge in [-0.3, -0.25) is 0 Å². The Labute approximate surface area is 90.1 Å². The lowest BCUT2D eigenvalue weighted by Gasteiger charge is -2.15. The van der Waals surface area contributed by atoms with Gasteiger partial charge < -0.3 is 15.1 Å². The normalized spacial score (nSPS) is 25.5. The summed E-state index contributed by atoms with van der Waals surface area (Å²) in [7, 11) is 0. The van der Waals surface area contributed by atoms with E-state index in [9.17, 15) is 10.2 Å². The molecule has 0 saturated carbocycles. The molecule has 0 aromatic carbocycles. The fraction of sp³-hybridized carbons (Fsp3) is 0.500. The molecule has 3 heterocycles. The number of fused-ring (bicyclic) bond motifs is 1. The highest BCUT2D eigenvalue weighted by atomic mass is 16.3. The van der Waals surface area contributed by atoms with Gasteiger partial charge in [-0.2, -0.15) is 0 Å². The second-order valence-corrected chi connectivity index (χ2v) is 3.76. The number of hydrogen-bond donors (Lipinski definition) is 2. The van der Waals surface area contributed by atoms with E-state index in [0.29, 0.717) is 24.6 Å². The average molecular weight is 222 g/mol. The molecule has 2 aromatic heterocycles. The number of nitrogens with zero attached hydrogens (tertiary/aromatic N) is 6. The summed E-state index contributed by atoms with van der Waals surface area (Å²) in [5, 5.41) is 33.9. The van der Waals surface area contributed by atoms with Gasteiger partial charge in [0.2, 0.25) is 0 Å². The van der Waals surface area contributed by atoms with Gasteiger partial charge in [-0.1, -0.05) is 0 Å². The number of aromatic nitrogens is 5. The first-order valence-electron chi connectivity index (χ1n) is 4.90. The number of rotatable bonds is 1. The van der Waals surface area contributed by atoms with Crippen molar-refractivity contribution in [3.63, 3.8) is 0 Å². The Bertz CT molecular complexity index is 504. The molecule has 2 unspecified atom stereocenters. The quantitative estimate of drug-likeness (QED) is 0.579. The van der Waals surface area contributed by atoms with E-state index in [1.54, 1.807) is 17.0 Å². The SMILES string of the molecule is OC1CN(c2ccc3nnnn3n2)CC1O. The van der Waals surface area contributed by atoms with Crippen molar-refractivity contribution in [3.8, 4) is 0 Å². The van der Waals surface area contributed by atoms with Crippen LogP contribution in [0.4, 0.5) is 5.82 Å². The van der Waals surface area contributed by atoms with Crippen molar-refractivity contribution in [1.82, 2.24) is 25.3 Å². The van der Waals surface area contributed by atoms with Crippen molar-refractivity contribution in [1.29, 1.82) is 0 Å². The molecule has 84 valence electrons. The molecule has 16 heavy (non-hydrogen) atoms. The number of anilines is 1. The third kappa shape index (κ3) is 1.39. The molecule has 0 radical (unpaired) electrons. The Morgan fingerprint density at radius 1 is 1.19 bits per heavy atom. The molecule has 1 saturated heterocycles. The molecule has 2 N–H and O–H groups in total. The zero-order chi connectivity index (χ0) is 11.1. The molecular formula is C8H10N6O2. The van der Waals surface area contributed by atoms with Crippen molar-refractivity contribution in [2.75, 3.05) is 18.0 Å². The molecule has 0 aliphatic carbocycles. The monoisotopic (exact) mass is 222 g/mol. The Kier molecular flexibility index (Phi) is 1.98. The predicted molar refractivity (Wildman–Crippen MR) is 52.8 cm³/mol. The predicted octanol–water partition coefficient (Wildman–Crippen LogP) is -1.94. The van der Waals surface area contributed by atoms with E-state index in [1.807, 2.05) is 0 Å². The molecule has 1 aliphatic rings. The lowest BCUT2D eigenvalue weighted by molar-refractivity contribution is 0.0572. The molecule has 8 nitrogen and oxygen atoms in total. The number of hydrogen-bond acceptors (Lipinski definition) is 7. The van der Waals surface area contributed by atoms with Gasteiger partial charge in [0.05, 0.1) is 12.2 Å². The van der Waals surface area contributed by atoms with Crippen LogP contribution in [0.5, 0.6) is 0 Å². The lowest BCUT2D eigenvalue weighted by atomic mass is 10.3. The average Bonchev–Trinajstić information content (AvgIpc) is 2.85. The second kappa shape index (κ2) is 3.35. The summed E-state index contributed by atoms with van der Waals surface area (Å²) in [6.45, 7) is 0.726. The van der Waals surface area contributed by atoms with Crippen LogP contribution >= 0.6 is 0 Å². The first-order valence-corrected chi connectivity index (χ1v) is 4.90. The maximum atomic E-state index is 9.44. The van der Waals surface area contributed by atoms with Crippen LogP contribution in [0, 0.1) is 0 Å². The highest BCUT2D eigenvalue weighted by Crippen LogP contribution is 2.17. The third-order valence-corrected chi connectivity index (χ3v) is 2.64. The topological polar surface area (TPSA) is 99.7 Å². The highest BCUT2D eigenvalue weighted by Gasteiger charge is 2.30. The van der Waals surface area contributed by atoms with Gasteiger partial charge in [0.15, 0.2) is 11.5 Å². The van der Waals surface area contributed by atoms with Crippen LogP contribution < -0.4 is 4.90 Å². The maximum absolute atomic E-state index is 9.44. The summed E-state index contributed by atoms with van der Waals surface area (Å²) in [6, 6.07) is 3.50. The fourth-order valence-electron chi connectivity index (χ4n) is 1.77. The zero-order valence-corrected chi connectivity index (χ0v) is 8.30. The summed E-state index contributed by atoms with van der Waals surface area (Å²) in [5.41, 5.74) is 0.559. The fourth-order valence-corrected chi connectivity index (χ4v) is 1.77. The van der Waals surface area contributed by atoms with Crippen molar-refractivity contribution in [2.45, 2.75) is 12.2 Å². The highest BCUT2D eigenvalue weighted by molar-refractivity contribution is 5.45. The van der Waals surface area contributed by atoms with Crippen LogP contribution in [-0.4, -0.2) is 60.8 Å². The molecule has 0 bridgehead atoms. The second-order valence-electron chi connectivity index (χ2n) is 3.76. The molecule has 0 spiro atoms.